The Kier molecular flexibility index (Phi) is 10.0. The second-order valence-corrected chi connectivity index (χ2v) is 11.7. The van der Waals surface area contributed by atoms with Gasteiger partial charge in [0.2, 0.25) is 0 Å². The fraction of sp³-hybridized carbons (Fsp3) is 0.731. The average molecular weight is 490 g/mol. The summed E-state index contributed by atoms with van der Waals surface area (Å²) < 4.78 is 0. The standard InChI is InChI=1S/C26H43N5S2/c27-25(33-20-21-8-4-1-2-5-9-21)29-26(32)28-22-10-12-23(13-11-22)31-18-14-24(15-19-31)30-16-6-3-7-17-30/h10-13,21,24-25H,1-9,14-20,27H2,(H2,28,29,32). The zero-order valence-electron chi connectivity index (χ0n) is 20.1. The lowest BCUT2D eigenvalue weighted by Gasteiger charge is -2.41. The van der Waals surface area contributed by atoms with E-state index in [2.05, 4.69) is 44.7 Å². The lowest BCUT2D eigenvalue weighted by molar-refractivity contribution is 0.141. The van der Waals surface area contributed by atoms with Gasteiger partial charge in [0.15, 0.2) is 5.11 Å². The molecular formula is C26H43N5S2. The number of nitrogens with zero attached hydrogens (tertiary/aromatic N) is 2. The van der Waals surface area contributed by atoms with Crippen molar-refractivity contribution in [3.05, 3.63) is 24.3 Å². The number of anilines is 2. The van der Waals surface area contributed by atoms with E-state index in [9.17, 15) is 0 Å². The van der Waals surface area contributed by atoms with E-state index in [1.807, 2.05) is 0 Å². The highest BCUT2D eigenvalue weighted by atomic mass is 32.2. The number of rotatable bonds is 7. The smallest absolute Gasteiger partial charge is 0.172 e. The number of benzene rings is 1. The van der Waals surface area contributed by atoms with E-state index in [0.29, 0.717) is 5.11 Å². The molecule has 3 aliphatic rings. The number of nitrogens with two attached hydrogens (primary N) is 1. The van der Waals surface area contributed by atoms with Gasteiger partial charge in [0.25, 0.3) is 0 Å². The Labute approximate surface area is 210 Å². The molecule has 1 saturated carbocycles. The zero-order valence-corrected chi connectivity index (χ0v) is 21.8. The van der Waals surface area contributed by atoms with Crippen molar-refractivity contribution in [3.63, 3.8) is 0 Å². The maximum Gasteiger partial charge on any atom is 0.172 e. The summed E-state index contributed by atoms with van der Waals surface area (Å²) in [7, 11) is 0. The van der Waals surface area contributed by atoms with Gasteiger partial charge in [-0.1, -0.05) is 32.1 Å². The summed E-state index contributed by atoms with van der Waals surface area (Å²) in [5, 5.41) is 7.15. The first kappa shape index (κ1) is 25.1. The molecule has 2 aliphatic heterocycles. The Morgan fingerprint density at radius 3 is 2.21 bits per heavy atom. The summed E-state index contributed by atoms with van der Waals surface area (Å²) in [6.45, 7) is 4.92. The topological polar surface area (TPSA) is 56.6 Å². The molecule has 184 valence electrons. The van der Waals surface area contributed by atoms with E-state index in [0.717, 1.165) is 36.5 Å². The molecule has 1 atom stereocenters. The highest BCUT2D eigenvalue weighted by molar-refractivity contribution is 7.99. The van der Waals surface area contributed by atoms with Crippen molar-refractivity contribution in [3.8, 4) is 0 Å². The Morgan fingerprint density at radius 1 is 0.909 bits per heavy atom. The predicted molar refractivity (Wildman–Crippen MR) is 148 cm³/mol. The van der Waals surface area contributed by atoms with Crippen LogP contribution in [0.1, 0.15) is 70.6 Å². The van der Waals surface area contributed by atoms with Crippen molar-refractivity contribution in [2.75, 3.05) is 42.1 Å². The van der Waals surface area contributed by atoms with E-state index in [4.69, 9.17) is 18.0 Å². The van der Waals surface area contributed by atoms with Crippen LogP contribution in [0.2, 0.25) is 0 Å². The normalized spacial score (nSPS) is 22.5. The highest BCUT2D eigenvalue weighted by Crippen LogP contribution is 2.27. The third kappa shape index (κ3) is 8.01. The van der Waals surface area contributed by atoms with Crippen molar-refractivity contribution in [1.29, 1.82) is 0 Å². The van der Waals surface area contributed by atoms with Gasteiger partial charge in [0, 0.05) is 30.5 Å². The van der Waals surface area contributed by atoms with E-state index < -0.39 is 0 Å². The summed E-state index contributed by atoms with van der Waals surface area (Å²) in [6, 6.07) is 9.48. The van der Waals surface area contributed by atoms with Crippen LogP contribution in [0.3, 0.4) is 0 Å². The Bertz CT molecular complexity index is 706. The molecule has 4 N–H and O–H groups in total. The lowest BCUT2D eigenvalue weighted by atomic mass is 9.99. The van der Waals surface area contributed by atoms with Crippen LogP contribution in [0.25, 0.3) is 0 Å². The minimum Gasteiger partial charge on any atom is -0.371 e. The molecule has 2 saturated heterocycles. The molecule has 1 aliphatic carbocycles. The van der Waals surface area contributed by atoms with Crippen LogP contribution in [0.4, 0.5) is 11.4 Å². The van der Waals surface area contributed by atoms with Crippen molar-refractivity contribution < 1.29 is 0 Å². The maximum absolute atomic E-state index is 6.29. The Morgan fingerprint density at radius 2 is 1.55 bits per heavy atom. The molecule has 7 heteroatoms. The predicted octanol–water partition coefficient (Wildman–Crippen LogP) is 5.37. The highest BCUT2D eigenvalue weighted by Gasteiger charge is 2.25. The van der Waals surface area contributed by atoms with Gasteiger partial charge in [0.1, 0.15) is 5.50 Å². The SMILES string of the molecule is NC(NC(=S)Nc1ccc(N2CCC(N3CCCCC3)CC2)cc1)SCC1CCCCCC1. The minimum atomic E-state index is -0.159. The van der Waals surface area contributed by atoms with Gasteiger partial charge in [-0.05, 0) is 99.8 Å². The summed E-state index contributed by atoms with van der Waals surface area (Å²) in [5.74, 6) is 1.93. The van der Waals surface area contributed by atoms with Crippen molar-refractivity contribution in [1.82, 2.24) is 10.2 Å². The van der Waals surface area contributed by atoms with Gasteiger partial charge in [-0.3, -0.25) is 0 Å². The lowest BCUT2D eigenvalue weighted by Crippen LogP contribution is -2.46. The Balaban J connectivity index is 1.16. The number of hydrogen-bond acceptors (Lipinski definition) is 5. The molecule has 1 unspecified atom stereocenters. The van der Waals surface area contributed by atoms with Gasteiger partial charge in [-0.2, -0.15) is 0 Å². The molecule has 4 rings (SSSR count). The van der Waals surface area contributed by atoms with E-state index in [1.165, 1.54) is 89.4 Å². The Hall–Kier alpha value is -1.02. The van der Waals surface area contributed by atoms with Crippen molar-refractivity contribution in [2.24, 2.45) is 11.7 Å². The molecule has 33 heavy (non-hydrogen) atoms. The van der Waals surface area contributed by atoms with E-state index in [-0.39, 0.29) is 5.50 Å². The van der Waals surface area contributed by atoms with Gasteiger partial charge >= 0.3 is 0 Å². The van der Waals surface area contributed by atoms with Crippen LogP contribution in [-0.4, -0.2) is 53.5 Å². The third-order valence-electron chi connectivity index (χ3n) is 7.62. The fourth-order valence-corrected chi connectivity index (χ4v) is 6.97. The largest absolute Gasteiger partial charge is 0.371 e. The fourth-order valence-electron chi connectivity index (χ4n) is 5.64. The number of thioether (sulfide) groups is 1. The summed E-state index contributed by atoms with van der Waals surface area (Å²) >= 11 is 7.30. The summed E-state index contributed by atoms with van der Waals surface area (Å²) in [6.07, 6.45) is 15.0. The molecule has 0 bridgehead atoms. The molecule has 0 amide bonds. The van der Waals surface area contributed by atoms with Gasteiger partial charge in [0.05, 0.1) is 0 Å². The summed E-state index contributed by atoms with van der Waals surface area (Å²) in [5.41, 5.74) is 8.45. The van der Waals surface area contributed by atoms with Crippen LogP contribution < -0.4 is 21.3 Å². The molecule has 0 spiro atoms. The number of thiocarbonyl (C=S) groups is 1. The van der Waals surface area contributed by atoms with Gasteiger partial charge in [-0.25, -0.2) is 0 Å². The number of nitrogens with one attached hydrogen (secondary N) is 2. The number of piperidine rings is 2. The molecule has 1 aromatic carbocycles. The second kappa shape index (κ2) is 13.2. The third-order valence-corrected chi connectivity index (χ3v) is 8.98. The first-order chi connectivity index (χ1) is 16.2. The van der Waals surface area contributed by atoms with Crippen LogP contribution >= 0.6 is 24.0 Å². The summed E-state index contributed by atoms with van der Waals surface area (Å²) in [4.78, 5) is 5.27. The zero-order chi connectivity index (χ0) is 22.9. The van der Waals surface area contributed by atoms with Crippen molar-refractivity contribution >= 4 is 40.5 Å². The monoisotopic (exact) mass is 489 g/mol. The molecule has 3 fully saturated rings. The maximum atomic E-state index is 6.29. The second-order valence-electron chi connectivity index (χ2n) is 10.1. The average Bonchev–Trinajstić information content (AvgIpc) is 3.13. The van der Waals surface area contributed by atoms with Gasteiger partial charge in [-0.15, -0.1) is 11.8 Å². The van der Waals surface area contributed by atoms with Crippen LogP contribution in [0.5, 0.6) is 0 Å². The van der Waals surface area contributed by atoms with E-state index in [1.54, 1.807) is 11.8 Å². The van der Waals surface area contributed by atoms with Crippen LogP contribution in [0.15, 0.2) is 24.3 Å². The molecule has 5 nitrogen and oxygen atoms in total. The number of likely N-dealkylation sites (tertiary alicyclic amines) is 1. The quantitative estimate of drug-likeness (QED) is 0.270. The minimum absolute atomic E-state index is 0.159. The first-order valence-corrected chi connectivity index (χ1v) is 14.7. The molecule has 0 radical (unpaired) electrons. The van der Waals surface area contributed by atoms with E-state index >= 15 is 0 Å². The van der Waals surface area contributed by atoms with Crippen molar-refractivity contribution in [2.45, 2.75) is 82.2 Å². The van der Waals surface area contributed by atoms with Gasteiger partial charge < -0.3 is 26.2 Å². The van der Waals surface area contributed by atoms with Crippen LogP contribution in [-0.2, 0) is 0 Å². The van der Waals surface area contributed by atoms with Crippen LogP contribution in [0, 0.1) is 5.92 Å². The molecular weight excluding hydrogens is 446 g/mol. The molecule has 2 heterocycles. The molecule has 0 aromatic heterocycles. The number of hydrogen-bond donors (Lipinski definition) is 3. The molecule has 1 aromatic rings. The first-order valence-electron chi connectivity index (χ1n) is 13.2.